The smallest absolute Gasteiger partial charge is 0.191 e. The largest absolute Gasteiger partial charge is 0.496 e. The summed E-state index contributed by atoms with van der Waals surface area (Å²) >= 11 is 0. The molecule has 156 valence electrons. The Labute approximate surface area is 186 Å². The highest BCUT2D eigenvalue weighted by Gasteiger charge is 2.05. The molecule has 1 heterocycles. The van der Waals surface area contributed by atoms with Crippen LogP contribution in [0.25, 0.3) is 0 Å². The van der Waals surface area contributed by atoms with Crippen molar-refractivity contribution >= 4 is 29.9 Å². The number of imidazole rings is 1. The predicted octanol–water partition coefficient (Wildman–Crippen LogP) is 3.77. The summed E-state index contributed by atoms with van der Waals surface area (Å²) in [6.07, 6.45) is 4.78. The highest BCUT2D eigenvalue weighted by molar-refractivity contribution is 14.0. The molecule has 0 spiro atoms. The maximum atomic E-state index is 5.40. The van der Waals surface area contributed by atoms with Gasteiger partial charge in [-0.25, -0.2) is 9.98 Å². The molecule has 0 aliphatic heterocycles. The minimum absolute atomic E-state index is 0. The Morgan fingerprint density at radius 1 is 1.29 bits per heavy atom. The second-order valence-corrected chi connectivity index (χ2v) is 7.07. The van der Waals surface area contributed by atoms with Gasteiger partial charge in [-0.15, -0.1) is 24.0 Å². The molecule has 0 atom stereocenters. The number of hydrogen-bond acceptors (Lipinski definition) is 3. The van der Waals surface area contributed by atoms with Gasteiger partial charge in [0.1, 0.15) is 18.1 Å². The molecule has 2 rings (SSSR count). The van der Waals surface area contributed by atoms with Gasteiger partial charge in [0.25, 0.3) is 0 Å². The monoisotopic (exact) mass is 499 g/mol. The van der Waals surface area contributed by atoms with E-state index >= 15 is 0 Å². The molecule has 2 N–H and O–H groups in total. The third-order valence-corrected chi connectivity index (χ3v) is 4.26. The van der Waals surface area contributed by atoms with E-state index in [-0.39, 0.29) is 24.0 Å². The molecule has 0 saturated carbocycles. The standard InChI is InChI=1S/C21H33N5O.HI/c1-6-22-21(25-14-20-23-11-12-26(20)15-16(2)3)24-10-9-18-8-7-17(4)19(13-18)27-5;/h7-8,11-13,16H,6,9-10,14-15H2,1-5H3,(H2,22,24,25);1H. The summed E-state index contributed by atoms with van der Waals surface area (Å²) in [6, 6.07) is 6.35. The lowest BCUT2D eigenvalue weighted by molar-refractivity contribution is 0.411. The normalized spacial score (nSPS) is 11.3. The van der Waals surface area contributed by atoms with Gasteiger partial charge in [0.15, 0.2) is 5.96 Å². The van der Waals surface area contributed by atoms with Crippen molar-refractivity contribution in [2.45, 2.75) is 47.2 Å². The summed E-state index contributed by atoms with van der Waals surface area (Å²) in [5.41, 5.74) is 2.40. The molecule has 0 unspecified atom stereocenters. The van der Waals surface area contributed by atoms with Crippen LogP contribution < -0.4 is 15.4 Å². The van der Waals surface area contributed by atoms with E-state index in [4.69, 9.17) is 4.74 Å². The molecule has 1 aromatic heterocycles. The molecule has 0 fully saturated rings. The van der Waals surface area contributed by atoms with E-state index in [1.54, 1.807) is 7.11 Å². The first-order valence-corrected chi connectivity index (χ1v) is 9.69. The Bertz CT molecular complexity index is 742. The van der Waals surface area contributed by atoms with Crippen molar-refractivity contribution < 1.29 is 4.74 Å². The fourth-order valence-electron chi connectivity index (χ4n) is 2.89. The molecule has 1 aromatic carbocycles. The van der Waals surface area contributed by atoms with E-state index in [1.165, 1.54) is 5.56 Å². The molecule has 0 amide bonds. The number of benzene rings is 1. The molecular formula is C21H34IN5O. The zero-order chi connectivity index (χ0) is 19.6. The topological polar surface area (TPSA) is 63.5 Å². The number of halogens is 1. The predicted molar refractivity (Wildman–Crippen MR) is 127 cm³/mol. The van der Waals surface area contributed by atoms with E-state index < -0.39 is 0 Å². The molecule has 0 aliphatic carbocycles. The Balaban J connectivity index is 0.00000392. The van der Waals surface area contributed by atoms with Crippen LogP contribution in [0.4, 0.5) is 0 Å². The number of aromatic nitrogens is 2. The van der Waals surface area contributed by atoms with Gasteiger partial charge < -0.3 is 19.9 Å². The first-order chi connectivity index (χ1) is 13.0. The number of guanidine groups is 1. The third kappa shape index (κ3) is 7.69. The summed E-state index contributed by atoms with van der Waals surface area (Å²) in [7, 11) is 1.71. The van der Waals surface area contributed by atoms with E-state index in [1.807, 2.05) is 12.4 Å². The zero-order valence-electron chi connectivity index (χ0n) is 17.7. The average Bonchev–Trinajstić information content (AvgIpc) is 3.07. The quantitative estimate of drug-likeness (QED) is 0.313. The van der Waals surface area contributed by atoms with E-state index in [0.29, 0.717) is 12.5 Å². The van der Waals surface area contributed by atoms with Crippen molar-refractivity contribution in [2.75, 3.05) is 20.2 Å². The lowest BCUT2D eigenvalue weighted by atomic mass is 10.1. The van der Waals surface area contributed by atoms with Crippen molar-refractivity contribution in [1.82, 2.24) is 20.2 Å². The van der Waals surface area contributed by atoms with E-state index in [9.17, 15) is 0 Å². The second kappa shape index (κ2) is 12.6. The number of aryl methyl sites for hydroxylation is 1. The maximum absolute atomic E-state index is 5.40. The molecule has 6 nitrogen and oxygen atoms in total. The van der Waals surface area contributed by atoms with Crippen LogP contribution in [0.5, 0.6) is 5.75 Å². The number of methoxy groups -OCH3 is 1. The number of nitrogens with one attached hydrogen (secondary N) is 2. The molecule has 7 heteroatoms. The zero-order valence-corrected chi connectivity index (χ0v) is 20.0. The lowest BCUT2D eigenvalue weighted by Crippen LogP contribution is -2.38. The SMILES string of the molecule is CCNC(=NCc1nccn1CC(C)C)NCCc1ccc(C)c(OC)c1.I. The minimum atomic E-state index is 0. The van der Waals surface area contributed by atoms with Crippen LogP contribution in [-0.4, -0.2) is 35.7 Å². The molecule has 2 aromatic rings. The van der Waals surface area contributed by atoms with E-state index in [0.717, 1.165) is 49.2 Å². The van der Waals surface area contributed by atoms with E-state index in [2.05, 4.69) is 71.1 Å². The van der Waals surface area contributed by atoms with Crippen LogP contribution in [0, 0.1) is 12.8 Å². The summed E-state index contributed by atoms with van der Waals surface area (Å²) in [5, 5.41) is 6.71. The Hall–Kier alpha value is -1.77. The Morgan fingerprint density at radius 2 is 2.07 bits per heavy atom. The molecule has 0 aliphatic rings. The number of rotatable bonds is 9. The van der Waals surface area contributed by atoms with Gasteiger partial charge in [0.2, 0.25) is 0 Å². The fraction of sp³-hybridized carbons (Fsp3) is 0.524. The Morgan fingerprint density at radius 3 is 2.75 bits per heavy atom. The summed E-state index contributed by atoms with van der Waals surface area (Å²) in [6.45, 7) is 11.7. The summed E-state index contributed by atoms with van der Waals surface area (Å²) < 4.78 is 7.58. The van der Waals surface area contributed by atoms with Gasteiger partial charge in [-0.05, 0) is 43.4 Å². The van der Waals surface area contributed by atoms with Gasteiger partial charge in [-0.1, -0.05) is 26.0 Å². The van der Waals surface area contributed by atoms with Gasteiger partial charge >= 0.3 is 0 Å². The summed E-state index contributed by atoms with van der Waals surface area (Å²) in [4.78, 5) is 9.13. The minimum Gasteiger partial charge on any atom is -0.496 e. The second-order valence-electron chi connectivity index (χ2n) is 7.07. The maximum Gasteiger partial charge on any atom is 0.191 e. The van der Waals surface area contributed by atoms with Gasteiger partial charge in [0.05, 0.1) is 7.11 Å². The first-order valence-electron chi connectivity index (χ1n) is 9.69. The van der Waals surface area contributed by atoms with Crippen LogP contribution >= 0.6 is 24.0 Å². The molecule has 0 bridgehead atoms. The number of hydrogen-bond donors (Lipinski definition) is 2. The van der Waals surface area contributed by atoms with Crippen LogP contribution in [0.2, 0.25) is 0 Å². The van der Waals surface area contributed by atoms with Crippen LogP contribution in [0.3, 0.4) is 0 Å². The third-order valence-electron chi connectivity index (χ3n) is 4.26. The van der Waals surface area contributed by atoms with Crippen molar-refractivity contribution in [3.8, 4) is 5.75 Å². The first kappa shape index (κ1) is 24.3. The van der Waals surface area contributed by atoms with Crippen molar-refractivity contribution in [3.05, 3.63) is 47.5 Å². The molecule has 28 heavy (non-hydrogen) atoms. The van der Waals surface area contributed by atoms with Crippen molar-refractivity contribution in [3.63, 3.8) is 0 Å². The van der Waals surface area contributed by atoms with Crippen LogP contribution in [-0.2, 0) is 19.5 Å². The van der Waals surface area contributed by atoms with Crippen molar-refractivity contribution in [2.24, 2.45) is 10.9 Å². The van der Waals surface area contributed by atoms with Crippen LogP contribution in [0.1, 0.15) is 37.7 Å². The number of nitrogens with zero attached hydrogens (tertiary/aromatic N) is 3. The molecule has 0 radical (unpaired) electrons. The summed E-state index contributed by atoms with van der Waals surface area (Å²) in [5.74, 6) is 3.32. The van der Waals surface area contributed by atoms with Crippen molar-refractivity contribution in [1.29, 1.82) is 0 Å². The highest BCUT2D eigenvalue weighted by atomic mass is 127. The van der Waals surface area contributed by atoms with Crippen LogP contribution in [0.15, 0.2) is 35.6 Å². The molecule has 0 saturated heterocycles. The van der Waals surface area contributed by atoms with Gasteiger partial charge in [-0.3, -0.25) is 0 Å². The average molecular weight is 499 g/mol. The fourth-order valence-corrected chi connectivity index (χ4v) is 2.89. The Kier molecular flexibility index (Phi) is 11.0. The lowest BCUT2D eigenvalue weighted by Gasteiger charge is -2.13. The van der Waals surface area contributed by atoms with Gasteiger partial charge in [0, 0.05) is 32.0 Å². The highest BCUT2D eigenvalue weighted by Crippen LogP contribution is 2.19. The van der Waals surface area contributed by atoms with Gasteiger partial charge in [-0.2, -0.15) is 0 Å². The number of aliphatic imine (C=N–C) groups is 1. The number of ether oxygens (including phenoxy) is 1. The molecular weight excluding hydrogens is 465 g/mol.